The maximum absolute atomic E-state index is 10.9. The van der Waals surface area contributed by atoms with E-state index >= 15 is 0 Å². The van der Waals surface area contributed by atoms with Crippen LogP contribution in [-0.2, 0) is 16.1 Å². The van der Waals surface area contributed by atoms with Gasteiger partial charge in [0, 0.05) is 36.9 Å². The summed E-state index contributed by atoms with van der Waals surface area (Å²) < 4.78 is 7.57. The van der Waals surface area contributed by atoms with E-state index in [0.29, 0.717) is 13.2 Å². The predicted molar refractivity (Wildman–Crippen MR) is 79.4 cm³/mol. The largest absolute Gasteiger partial charge is 0.481 e. The summed E-state index contributed by atoms with van der Waals surface area (Å²) >= 11 is 0. The van der Waals surface area contributed by atoms with Crippen LogP contribution in [0.2, 0.25) is 0 Å². The molecular formula is C15H25N3O3. The highest BCUT2D eigenvalue weighted by Crippen LogP contribution is 2.28. The monoisotopic (exact) mass is 295 g/mol. The van der Waals surface area contributed by atoms with E-state index in [0.717, 1.165) is 18.8 Å². The molecule has 0 bridgehead atoms. The SMILES string of the molecule is CCn1nc(C)c(C(C)N2CCOC(CC(=O)O)C2)c1C. The molecule has 0 radical (unpaired) electrons. The number of ether oxygens (including phenoxy) is 1. The topological polar surface area (TPSA) is 67.6 Å². The van der Waals surface area contributed by atoms with Gasteiger partial charge in [-0.3, -0.25) is 14.4 Å². The van der Waals surface area contributed by atoms with E-state index in [1.807, 2.05) is 11.6 Å². The summed E-state index contributed by atoms with van der Waals surface area (Å²) in [7, 11) is 0. The van der Waals surface area contributed by atoms with Gasteiger partial charge in [-0.15, -0.1) is 0 Å². The average Bonchev–Trinajstić information content (AvgIpc) is 2.72. The minimum Gasteiger partial charge on any atom is -0.481 e. The maximum Gasteiger partial charge on any atom is 0.306 e. The van der Waals surface area contributed by atoms with Crippen LogP contribution in [0, 0.1) is 13.8 Å². The quantitative estimate of drug-likeness (QED) is 0.896. The van der Waals surface area contributed by atoms with E-state index in [2.05, 4.69) is 30.8 Å². The van der Waals surface area contributed by atoms with Crippen LogP contribution in [-0.4, -0.2) is 51.6 Å². The number of carboxylic acid groups (broad SMARTS) is 1. The standard InChI is InChI=1S/C15H25N3O3/c1-5-18-12(4)15(10(2)16-18)11(3)17-6-7-21-13(9-17)8-14(19)20/h11,13H,5-9H2,1-4H3,(H,19,20). The van der Waals surface area contributed by atoms with Crippen LogP contribution in [0.25, 0.3) is 0 Å². The van der Waals surface area contributed by atoms with Crippen molar-refractivity contribution in [2.75, 3.05) is 19.7 Å². The van der Waals surface area contributed by atoms with Gasteiger partial charge in [-0.05, 0) is 27.7 Å². The lowest BCUT2D eigenvalue weighted by molar-refractivity contribution is -0.142. The van der Waals surface area contributed by atoms with Gasteiger partial charge in [-0.2, -0.15) is 5.10 Å². The van der Waals surface area contributed by atoms with E-state index in [4.69, 9.17) is 9.84 Å². The van der Waals surface area contributed by atoms with Crippen LogP contribution >= 0.6 is 0 Å². The van der Waals surface area contributed by atoms with E-state index in [1.54, 1.807) is 0 Å². The van der Waals surface area contributed by atoms with Gasteiger partial charge in [-0.1, -0.05) is 0 Å². The molecule has 118 valence electrons. The molecule has 21 heavy (non-hydrogen) atoms. The molecule has 2 unspecified atom stereocenters. The van der Waals surface area contributed by atoms with Crippen LogP contribution in [0.5, 0.6) is 0 Å². The van der Waals surface area contributed by atoms with Crippen molar-refractivity contribution in [3.8, 4) is 0 Å². The van der Waals surface area contributed by atoms with Gasteiger partial charge < -0.3 is 9.84 Å². The molecule has 0 saturated carbocycles. The number of aromatic nitrogens is 2. The number of nitrogens with zero attached hydrogens (tertiary/aromatic N) is 3. The summed E-state index contributed by atoms with van der Waals surface area (Å²) in [5.41, 5.74) is 3.51. The normalized spacial score (nSPS) is 21.4. The van der Waals surface area contributed by atoms with Crippen LogP contribution in [0.1, 0.15) is 43.3 Å². The third-order valence-corrected chi connectivity index (χ3v) is 4.27. The highest BCUT2D eigenvalue weighted by molar-refractivity contribution is 5.67. The smallest absolute Gasteiger partial charge is 0.306 e. The van der Waals surface area contributed by atoms with E-state index < -0.39 is 5.97 Å². The first-order valence-electron chi connectivity index (χ1n) is 7.55. The Bertz CT molecular complexity index is 513. The Morgan fingerprint density at radius 3 is 2.81 bits per heavy atom. The van der Waals surface area contributed by atoms with Gasteiger partial charge in [0.15, 0.2) is 0 Å². The van der Waals surface area contributed by atoms with Crippen LogP contribution in [0.3, 0.4) is 0 Å². The molecule has 1 aromatic heterocycles. The van der Waals surface area contributed by atoms with Gasteiger partial charge in [0.25, 0.3) is 0 Å². The highest BCUT2D eigenvalue weighted by Gasteiger charge is 2.29. The molecule has 1 aromatic rings. The van der Waals surface area contributed by atoms with Crippen LogP contribution in [0.4, 0.5) is 0 Å². The number of carboxylic acids is 1. The summed E-state index contributed by atoms with van der Waals surface area (Å²) in [6, 6.07) is 0.227. The molecule has 1 N–H and O–H groups in total. The molecule has 2 atom stereocenters. The molecule has 0 amide bonds. The Hall–Kier alpha value is -1.40. The lowest BCUT2D eigenvalue weighted by atomic mass is 10.0. The number of morpholine rings is 1. The molecule has 2 heterocycles. The van der Waals surface area contributed by atoms with Gasteiger partial charge in [0.05, 0.1) is 24.8 Å². The number of aryl methyl sites for hydroxylation is 2. The molecule has 0 spiro atoms. The third kappa shape index (κ3) is 3.44. The second kappa shape index (κ2) is 6.58. The molecule has 6 nitrogen and oxygen atoms in total. The Morgan fingerprint density at radius 1 is 1.52 bits per heavy atom. The van der Waals surface area contributed by atoms with Gasteiger partial charge in [-0.25, -0.2) is 0 Å². The van der Waals surface area contributed by atoms with Crippen molar-refractivity contribution in [1.29, 1.82) is 0 Å². The zero-order chi connectivity index (χ0) is 15.6. The van der Waals surface area contributed by atoms with Crippen molar-refractivity contribution in [3.63, 3.8) is 0 Å². The van der Waals surface area contributed by atoms with Crippen molar-refractivity contribution in [2.45, 2.75) is 52.8 Å². The zero-order valence-corrected chi connectivity index (χ0v) is 13.3. The molecule has 1 aliphatic heterocycles. The molecule has 1 fully saturated rings. The molecular weight excluding hydrogens is 270 g/mol. The second-order valence-electron chi connectivity index (χ2n) is 5.66. The summed E-state index contributed by atoms with van der Waals surface area (Å²) in [6.07, 6.45) is -0.157. The number of carbonyl (C=O) groups is 1. The minimum absolute atomic E-state index is 0.0649. The summed E-state index contributed by atoms with van der Waals surface area (Å²) in [4.78, 5) is 13.2. The molecule has 1 saturated heterocycles. The molecule has 1 aliphatic rings. The lowest BCUT2D eigenvalue weighted by Crippen LogP contribution is -2.44. The Balaban J connectivity index is 2.14. The fourth-order valence-corrected chi connectivity index (χ4v) is 3.22. The Morgan fingerprint density at radius 2 is 2.24 bits per heavy atom. The molecule has 6 heteroatoms. The van der Waals surface area contributed by atoms with Crippen molar-refractivity contribution >= 4 is 5.97 Å². The fraction of sp³-hybridized carbons (Fsp3) is 0.733. The maximum atomic E-state index is 10.9. The third-order valence-electron chi connectivity index (χ3n) is 4.27. The molecule has 2 rings (SSSR count). The van der Waals surface area contributed by atoms with E-state index in [-0.39, 0.29) is 18.6 Å². The average molecular weight is 295 g/mol. The van der Waals surface area contributed by atoms with Gasteiger partial charge in [0.1, 0.15) is 0 Å². The first kappa shape index (κ1) is 16.0. The number of aliphatic carboxylic acids is 1. The van der Waals surface area contributed by atoms with E-state index in [1.165, 1.54) is 11.3 Å². The Kier molecular flexibility index (Phi) is 5.00. The Labute approximate surface area is 125 Å². The summed E-state index contributed by atoms with van der Waals surface area (Å²) in [6.45, 7) is 11.3. The summed E-state index contributed by atoms with van der Waals surface area (Å²) in [5, 5.41) is 13.5. The van der Waals surface area contributed by atoms with Crippen molar-refractivity contribution in [3.05, 3.63) is 17.0 Å². The van der Waals surface area contributed by atoms with Gasteiger partial charge in [0.2, 0.25) is 0 Å². The first-order valence-corrected chi connectivity index (χ1v) is 7.55. The van der Waals surface area contributed by atoms with Crippen molar-refractivity contribution < 1.29 is 14.6 Å². The first-order chi connectivity index (χ1) is 9.93. The lowest BCUT2D eigenvalue weighted by Gasteiger charge is -2.36. The van der Waals surface area contributed by atoms with Crippen molar-refractivity contribution in [2.24, 2.45) is 0 Å². The van der Waals surface area contributed by atoms with Crippen molar-refractivity contribution in [1.82, 2.24) is 14.7 Å². The van der Waals surface area contributed by atoms with E-state index in [9.17, 15) is 4.79 Å². The molecule has 0 aliphatic carbocycles. The van der Waals surface area contributed by atoms with Gasteiger partial charge >= 0.3 is 5.97 Å². The second-order valence-corrected chi connectivity index (χ2v) is 5.66. The van der Waals surface area contributed by atoms with Crippen LogP contribution in [0.15, 0.2) is 0 Å². The minimum atomic E-state index is -0.805. The summed E-state index contributed by atoms with van der Waals surface area (Å²) in [5.74, 6) is -0.805. The predicted octanol–water partition coefficient (Wildman–Crippen LogP) is 1.76. The zero-order valence-electron chi connectivity index (χ0n) is 13.3. The highest BCUT2D eigenvalue weighted by atomic mass is 16.5. The number of rotatable bonds is 5. The van der Waals surface area contributed by atoms with Crippen LogP contribution < -0.4 is 0 Å². The fourth-order valence-electron chi connectivity index (χ4n) is 3.22. The number of hydrogen-bond acceptors (Lipinski definition) is 4. The number of hydrogen-bond donors (Lipinski definition) is 1. The molecule has 0 aromatic carbocycles.